The van der Waals surface area contributed by atoms with Gasteiger partial charge in [-0.05, 0) is 37.0 Å². The standard InChI is InChI=1S/C19H29N3O4S/c1-2-3-6-13-22(27(25)26)17-11-14-21(15-12-17)18-8-5-4-7-16(18)9-10-19(23)20-24/h4-5,7-10,17,24H,2-3,6,11-15H2,1H3,(H,20,23)(H,25,26)/b10-9+. The van der Waals surface area contributed by atoms with Crippen LogP contribution in [0.1, 0.15) is 44.6 Å². The number of anilines is 1. The molecule has 0 radical (unpaired) electrons. The van der Waals surface area contributed by atoms with Crippen molar-refractivity contribution in [3.63, 3.8) is 0 Å². The molecule has 1 fully saturated rings. The third kappa shape index (κ3) is 6.42. The van der Waals surface area contributed by atoms with Crippen LogP contribution in [0.5, 0.6) is 0 Å². The molecule has 0 saturated carbocycles. The topological polar surface area (TPSA) is 93.1 Å². The van der Waals surface area contributed by atoms with Crippen LogP contribution in [0.3, 0.4) is 0 Å². The summed E-state index contributed by atoms with van der Waals surface area (Å²) in [5.41, 5.74) is 3.49. The second-order valence-corrected chi connectivity index (χ2v) is 7.60. The quantitative estimate of drug-likeness (QED) is 0.197. The molecule has 0 bridgehead atoms. The van der Waals surface area contributed by atoms with Gasteiger partial charge >= 0.3 is 0 Å². The second kappa shape index (κ2) is 11.2. The minimum atomic E-state index is -1.94. The Labute approximate surface area is 163 Å². The van der Waals surface area contributed by atoms with Crippen molar-refractivity contribution in [3.8, 4) is 0 Å². The molecular formula is C19H29N3O4S. The SMILES string of the molecule is CCCCCN(C1CCN(c2ccccc2/C=C/C(=O)NO)CC1)S(=O)O. The van der Waals surface area contributed by atoms with Gasteiger partial charge < -0.3 is 4.90 Å². The molecular weight excluding hydrogens is 366 g/mol. The molecule has 1 saturated heterocycles. The van der Waals surface area contributed by atoms with Gasteiger partial charge in [0.15, 0.2) is 0 Å². The van der Waals surface area contributed by atoms with Crippen LogP contribution >= 0.6 is 0 Å². The van der Waals surface area contributed by atoms with Crippen molar-refractivity contribution in [3.05, 3.63) is 35.9 Å². The van der Waals surface area contributed by atoms with E-state index in [1.54, 1.807) is 15.9 Å². The first-order valence-electron chi connectivity index (χ1n) is 9.40. The summed E-state index contributed by atoms with van der Waals surface area (Å²) in [7, 11) is 0. The highest BCUT2D eigenvalue weighted by atomic mass is 32.2. The lowest BCUT2D eigenvalue weighted by atomic mass is 10.0. The number of nitrogens with zero attached hydrogens (tertiary/aromatic N) is 2. The molecule has 1 amide bonds. The van der Waals surface area contributed by atoms with Crippen molar-refractivity contribution in [1.29, 1.82) is 0 Å². The average molecular weight is 396 g/mol. The summed E-state index contributed by atoms with van der Waals surface area (Å²) in [6.07, 6.45) is 7.67. The molecule has 0 aliphatic carbocycles. The summed E-state index contributed by atoms with van der Waals surface area (Å²) < 4.78 is 23.1. The summed E-state index contributed by atoms with van der Waals surface area (Å²) in [5.74, 6) is -0.573. The van der Waals surface area contributed by atoms with Crippen molar-refractivity contribution in [2.75, 3.05) is 24.5 Å². The fraction of sp³-hybridized carbons (Fsp3) is 0.526. The van der Waals surface area contributed by atoms with Crippen LogP contribution in [0.25, 0.3) is 6.08 Å². The number of rotatable bonds is 9. The molecule has 1 aromatic rings. The summed E-state index contributed by atoms with van der Waals surface area (Å²) in [5, 5.41) is 8.62. The van der Waals surface area contributed by atoms with Crippen LogP contribution in [-0.2, 0) is 16.1 Å². The number of unbranched alkanes of at least 4 members (excludes halogenated alkanes) is 2. The lowest BCUT2D eigenvalue weighted by Gasteiger charge is -2.38. The van der Waals surface area contributed by atoms with E-state index in [4.69, 9.17) is 5.21 Å². The first-order chi connectivity index (χ1) is 13.1. The number of hydrogen-bond acceptors (Lipinski definition) is 4. The van der Waals surface area contributed by atoms with Gasteiger partial charge in [0.1, 0.15) is 0 Å². The van der Waals surface area contributed by atoms with Gasteiger partial charge in [-0.1, -0.05) is 38.0 Å². The van der Waals surface area contributed by atoms with Gasteiger partial charge in [-0.2, -0.15) is 4.31 Å². The Morgan fingerprint density at radius 1 is 1.33 bits per heavy atom. The fourth-order valence-electron chi connectivity index (χ4n) is 3.42. The Balaban J connectivity index is 2.01. The van der Waals surface area contributed by atoms with Gasteiger partial charge in [0.2, 0.25) is 11.3 Å². The molecule has 1 aliphatic heterocycles. The normalized spacial score (nSPS) is 16.8. The van der Waals surface area contributed by atoms with Crippen molar-refractivity contribution in [2.24, 2.45) is 0 Å². The van der Waals surface area contributed by atoms with Gasteiger partial charge in [-0.15, -0.1) is 0 Å². The maximum absolute atomic E-state index is 11.7. The molecule has 1 atom stereocenters. The first-order valence-corrected chi connectivity index (χ1v) is 10.5. The molecule has 1 heterocycles. The van der Waals surface area contributed by atoms with E-state index >= 15 is 0 Å². The van der Waals surface area contributed by atoms with Crippen LogP contribution < -0.4 is 10.4 Å². The van der Waals surface area contributed by atoms with E-state index < -0.39 is 17.2 Å². The molecule has 1 unspecified atom stereocenters. The monoisotopic (exact) mass is 395 g/mol. The van der Waals surface area contributed by atoms with Gasteiger partial charge in [0, 0.05) is 37.4 Å². The van der Waals surface area contributed by atoms with E-state index in [0.29, 0.717) is 6.54 Å². The number of carbonyl (C=O) groups excluding carboxylic acids is 1. The van der Waals surface area contributed by atoms with Gasteiger partial charge in [-0.25, -0.2) is 9.69 Å². The highest BCUT2D eigenvalue weighted by Crippen LogP contribution is 2.27. The van der Waals surface area contributed by atoms with Crippen LogP contribution in [0.2, 0.25) is 0 Å². The molecule has 2 rings (SSSR count). The lowest BCUT2D eigenvalue weighted by Crippen LogP contribution is -2.46. The number of benzene rings is 1. The van der Waals surface area contributed by atoms with Crippen LogP contribution in [-0.4, -0.2) is 49.9 Å². The maximum atomic E-state index is 11.7. The lowest BCUT2D eigenvalue weighted by molar-refractivity contribution is -0.124. The summed E-state index contributed by atoms with van der Waals surface area (Å²) in [6.45, 7) is 4.33. The third-order valence-electron chi connectivity index (χ3n) is 4.86. The molecule has 150 valence electrons. The number of hydroxylamine groups is 1. The molecule has 27 heavy (non-hydrogen) atoms. The Hall–Kier alpha value is -1.74. The zero-order chi connectivity index (χ0) is 19.6. The molecule has 3 N–H and O–H groups in total. The number of piperidine rings is 1. The first kappa shape index (κ1) is 21.6. The molecule has 0 aromatic heterocycles. The maximum Gasteiger partial charge on any atom is 0.267 e. The summed E-state index contributed by atoms with van der Waals surface area (Å²) >= 11 is -1.94. The van der Waals surface area contributed by atoms with E-state index in [9.17, 15) is 13.6 Å². The number of nitrogens with one attached hydrogen (secondary N) is 1. The highest BCUT2D eigenvalue weighted by molar-refractivity contribution is 7.76. The number of para-hydroxylation sites is 1. The van der Waals surface area contributed by atoms with Crippen molar-refractivity contribution in [1.82, 2.24) is 9.79 Å². The minimum Gasteiger partial charge on any atom is -0.371 e. The molecule has 0 spiro atoms. The van der Waals surface area contributed by atoms with E-state index in [1.807, 2.05) is 24.3 Å². The number of carbonyl (C=O) groups is 1. The Morgan fingerprint density at radius 3 is 2.67 bits per heavy atom. The van der Waals surface area contributed by atoms with E-state index in [0.717, 1.165) is 56.4 Å². The predicted octanol–water partition coefficient (Wildman–Crippen LogP) is 2.80. The van der Waals surface area contributed by atoms with E-state index in [2.05, 4.69) is 11.8 Å². The molecule has 8 heteroatoms. The third-order valence-corrected chi connectivity index (χ3v) is 5.74. The average Bonchev–Trinajstić information content (AvgIpc) is 2.69. The summed E-state index contributed by atoms with van der Waals surface area (Å²) in [6, 6.07) is 7.87. The van der Waals surface area contributed by atoms with E-state index in [-0.39, 0.29) is 6.04 Å². The highest BCUT2D eigenvalue weighted by Gasteiger charge is 2.28. The largest absolute Gasteiger partial charge is 0.371 e. The van der Waals surface area contributed by atoms with Crippen LogP contribution in [0, 0.1) is 0 Å². The van der Waals surface area contributed by atoms with Crippen molar-refractivity contribution in [2.45, 2.75) is 45.1 Å². The number of hydrogen-bond donors (Lipinski definition) is 3. The Kier molecular flexibility index (Phi) is 8.93. The van der Waals surface area contributed by atoms with Crippen molar-refractivity contribution >= 4 is 28.9 Å². The predicted molar refractivity (Wildman–Crippen MR) is 108 cm³/mol. The molecule has 1 aromatic carbocycles. The van der Waals surface area contributed by atoms with Gasteiger partial charge in [0.25, 0.3) is 5.91 Å². The second-order valence-electron chi connectivity index (χ2n) is 6.66. The van der Waals surface area contributed by atoms with Gasteiger partial charge in [0.05, 0.1) is 0 Å². The van der Waals surface area contributed by atoms with Crippen molar-refractivity contribution < 1.29 is 18.8 Å². The zero-order valence-electron chi connectivity index (χ0n) is 15.7. The van der Waals surface area contributed by atoms with E-state index in [1.165, 1.54) is 6.08 Å². The Morgan fingerprint density at radius 2 is 2.04 bits per heavy atom. The van der Waals surface area contributed by atoms with Gasteiger partial charge in [-0.3, -0.25) is 14.6 Å². The van der Waals surface area contributed by atoms with Crippen LogP contribution in [0.15, 0.2) is 30.3 Å². The summed E-state index contributed by atoms with van der Waals surface area (Å²) in [4.78, 5) is 13.5. The smallest absolute Gasteiger partial charge is 0.267 e. The zero-order valence-corrected chi connectivity index (χ0v) is 16.5. The fourth-order valence-corrected chi connectivity index (χ4v) is 4.17. The Bertz CT molecular complexity index is 660. The van der Waals surface area contributed by atoms with Crippen LogP contribution in [0.4, 0.5) is 5.69 Å². The number of amides is 1. The molecule has 1 aliphatic rings. The minimum absolute atomic E-state index is 0.104. The molecule has 7 nitrogen and oxygen atoms in total.